The molecule has 8 rings (SSSR count). The number of imidazole rings is 1. The van der Waals surface area contributed by atoms with E-state index in [0.29, 0.717) is 44.0 Å². The molecule has 9 heteroatoms. The first kappa shape index (κ1) is 31.7. The fourth-order valence-electron chi connectivity index (χ4n) is 7.77. The lowest BCUT2D eigenvalue weighted by atomic mass is 10.0. The highest BCUT2D eigenvalue weighted by Gasteiger charge is 2.49. The number of hydrogen-bond acceptors (Lipinski definition) is 8. The highest BCUT2D eigenvalue weighted by atomic mass is 16.6. The normalized spacial score (nSPS) is 24.8. The summed E-state index contributed by atoms with van der Waals surface area (Å²) in [4.78, 5) is 7.31. The van der Waals surface area contributed by atoms with Gasteiger partial charge in [-0.1, -0.05) is 97.4 Å². The van der Waals surface area contributed by atoms with Gasteiger partial charge in [0.2, 0.25) is 0 Å². The van der Waals surface area contributed by atoms with Crippen molar-refractivity contribution in [3.63, 3.8) is 0 Å². The minimum atomic E-state index is -0.572. The molecule has 6 atom stereocenters. The molecule has 0 spiro atoms. The van der Waals surface area contributed by atoms with Crippen molar-refractivity contribution in [3.8, 4) is 6.07 Å². The van der Waals surface area contributed by atoms with Gasteiger partial charge in [0.15, 0.2) is 11.3 Å². The first-order chi connectivity index (χ1) is 24.2. The Kier molecular flexibility index (Phi) is 9.36. The van der Waals surface area contributed by atoms with E-state index >= 15 is 0 Å². The van der Waals surface area contributed by atoms with Crippen LogP contribution in [0.1, 0.15) is 53.4 Å². The van der Waals surface area contributed by atoms with Gasteiger partial charge in [-0.25, -0.2) is 9.50 Å². The van der Waals surface area contributed by atoms with Crippen LogP contribution in [0.4, 0.5) is 5.69 Å². The standard InChI is InChI=1S/C40H41N5O4/c41-20-33-19-34(44-22-31-17-10-18-32(31)23-44)40-42-21-35(45(40)43-33)37-39(48-26-30-15-8-3-9-16-30)38(47-25-29-13-6-2-7-14-29)36(49-37)27-46-24-28-11-4-1-5-12-28/h1-9,11-16,19,21,31-32,36-39H,10,17-18,22-27H2/t31?,32?,36-,37+,38-,39+/m1/s1. The maximum Gasteiger partial charge on any atom is 0.177 e. The molecule has 9 nitrogen and oxygen atoms in total. The first-order valence-corrected chi connectivity index (χ1v) is 17.4. The topological polar surface area (TPSA) is 94.1 Å². The molecule has 1 saturated carbocycles. The van der Waals surface area contributed by atoms with Crippen molar-refractivity contribution in [2.45, 2.75) is 63.5 Å². The van der Waals surface area contributed by atoms with Crippen LogP contribution in [0.15, 0.2) is 103 Å². The number of fused-ring (bicyclic) bond motifs is 2. The number of nitriles is 1. The molecule has 2 saturated heterocycles. The van der Waals surface area contributed by atoms with Crippen molar-refractivity contribution in [1.29, 1.82) is 5.26 Å². The predicted octanol–water partition coefficient (Wildman–Crippen LogP) is 6.66. The molecule has 0 radical (unpaired) electrons. The molecule has 0 N–H and O–H groups in total. The fraction of sp³-hybridized carbons (Fsp3) is 0.375. The molecule has 250 valence electrons. The van der Waals surface area contributed by atoms with E-state index in [1.54, 1.807) is 4.52 Å². The largest absolute Gasteiger partial charge is 0.374 e. The van der Waals surface area contributed by atoms with E-state index in [2.05, 4.69) is 47.4 Å². The van der Waals surface area contributed by atoms with E-state index in [4.69, 9.17) is 29.0 Å². The van der Waals surface area contributed by atoms with Crippen LogP contribution in [-0.4, -0.2) is 52.6 Å². The van der Waals surface area contributed by atoms with Gasteiger partial charge < -0.3 is 23.8 Å². The van der Waals surface area contributed by atoms with E-state index in [1.807, 2.05) is 66.9 Å². The third-order valence-corrected chi connectivity index (χ3v) is 10.2. The summed E-state index contributed by atoms with van der Waals surface area (Å²) in [5.41, 5.74) is 5.95. The van der Waals surface area contributed by atoms with Gasteiger partial charge in [0.05, 0.1) is 44.0 Å². The van der Waals surface area contributed by atoms with Crippen molar-refractivity contribution in [2.75, 3.05) is 24.6 Å². The summed E-state index contributed by atoms with van der Waals surface area (Å²) in [5, 5.41) is 14.8. The van der Waals surface area contributed by atoms with E-state index in [1.165, 1.54) is 19.3 Å². The van der Waals surface area contributed by atoms with Gasteiger partial charge in [-0.15, -0.1) is 0 Å². The molecule has 3 aromatic carbocycles. The zero-order valence-corrected chi connectivity index (χ0v) is 27.5. The Bertz CT molecular complexity index is 1870. The molecule has 0 amide bonds. The Morgan fingerprint density at radius 3 is 1.98 bits per heavy atom. The minimum absolute atomic E-state index is 0.311. The fourth-order valence-corrected chi connectivity index (χ4v) is 7.77. The summed E-state index contributed by atoms with van der Waals surface area (Å²) in [5.74, 6) is 1.39. The number of anilines is 1. The second-order valence-electron chi connectivity index (χ2n) is 13.4. The number of rotatable bonds is 12. The molecule has 4 heterocycles. The third kappa shape index (κ3) is 6.83. The van der Waals surface area contributed by atoms with Crippen molar-refractivity contribution in [2.24, 2.45) is 11.8 Å². The SMILES string of the molecule is N#Cc1cc(N2CC3CCCC3C2)c2ncc([C@@H]3O[C@H](COCc4ccccc4)[C@@H](OCc4ccccc4)[C@H]3OCc3ccccc3)n2n1. The van der Waals surface area contributed by atoms with E-state index in [9.17, 15) is 5.26 Å². The van der Waals surface area contributed by atoms with Gasteiger partial charge >= 0.3 is 0 Å². The molecule has 2 unspecified atom stereocenters. The molecule has 3 aliphatic rings. The Morgan fingerprint density at radius 1 is 0.776 bits per heavy atom. The number of nitrogens with zero attached hydrogens (tertiary/aromatic N) is 5. The highest BCUT2D eigenvalue weighted by Crippen LogP contribution is 2.42. The van der Waals surface area contributed by atoms with Gasteiger partial charge in [-0.2, -0.15) is 10.4 Å². The molecule has 2 aromatic heterocycles. The molecule has 5 aromatic rings. The van der Waals surface area contributed by atoms with Gasteiger partial charge in [-0.05, 0) is 41.4 Å². The second-order valence-corrected chi connectivity index (χ2v) is 13.4. The maximum absolute atomic E-state index is 10.1. The minimum Gasteiger partial charge on any atom is -0.374 e. The zero-order chi connectivity index (χ0) is 33.0. The molecule has 49 heavy (non-hydrogen) atoms. The van der Waals surface area contributed by atoms with Crippen molar-refractivity contribution < 1.29 is 18.9 Å². The van der Waals surface area contributed by atoms with Crippen LogP contribution in [0.5, 0.6) is 0 Å². The van der Waals surface area contributed by atoms with Gasteiger partial charge in [0.25, 0.3) is 0 Å². The summed E-state index contributed by atoms with van der Waals surface area (Å²) >= 11 is 0. The Labute approximate surface area is 287 Å². The van der Waals surface area contributed by atoms with E-state index in [-0.39, 0.29) is 0 Å². The molecular formula is C40H41N5O4. The maximum atomic E-state index is 10.1. The lowest BCUT2D eigenvalue weighted by molar-refractivity contribution is -0.0898. The van der Waals surface area contributed by atoms with Crippen LogP contribution >= 0.6 is 0 Å². The van der Waals surface area contributed by atoms with Crippen LogP contribution < -0.4 is 4.90 Å². The Balaban J connectivity index is 1.13. The highest BCUT2D eigenvalue weighted by molar-refractivity contribution is 5.70. The summed E-state index contributed by atoms with van der Waals surface area (Å²) in [6, 6.07) is 34.6. The lowest BCUT2D eigenvalue weighted by Crippen LogP contribution is -2.38. The van der Waals surface area contributed by atoms with Crippen LogP contribution in [-0.2, 0) is 38.8 Å². The Morgan fingerprint density at radius 2 is 1.37 bits per heavy atom. The molecule has 1 aliphatic carbocycles. The van der Waals surface area contributed by atoms with Crippen LogP contribution in [0.3, 0.4) is 0 Å². The average molecular weight is 656 g/mol. The van der Waals surface area contributed by atoms with Crippen molar-refractivity contribution in [1.82, 2.24) is 14.6 Å². The number of aromatic nitrogens is 3. The summed E-state index contributed by atoms with van der Waals surface area (Å²) in [7, 11) is 0. The Hall–Kier alpha value is -4.59. The van der Waals surface area contributed by atoms with Crippen LogP contribution in [0.25, 0.3) is 5.65 Å². The van der Waals surface area contributed by atoms with Crippen LogP contribution in [0, 0.1) is 23.2 Å². The molecule has 0 bridgehead atoms. The van der Waals surface area contributed by atoms with Gasteiger partial charge in [0, 0.05) is 19.2 Å². The van der Waals surface area contributed by atoms with Crippen LogP contribution in [0.2, 0.25) is 0 Å². The monoisotopic (exact) mass is 655 g/mol. The molecule has 3 fully saturated rings. The summed E-state index contributed by atoms with van der Waals surface area (Å²) in [6.07, 6.45) is 3.71. The molecule has 2 aliphatic heterocycles. The van der Waals surface area contributed by atoms with Gasteiger partial charge in [-0.3, -0.25) is 0 Å². The van der Waals surface area contributed by atoms with Gasteiger partial charge in [0.1, 0.15) is 30.5 Å². The number of hydrogen-bond donors (Lipinski definition) is 0. The predicted molar refractivity (Wildman–Crippen MR) is 184 cm³/mol. The van der Waals surface area contributed by atoms with Crippen molar-refractivity contribution in [3.05, 3.63) is 131 Å². The average Bonchev–Trinajstić information content (AvgIpc) is 3.94. The zero-order valence-electron chi connectivity index (χ0n) is 27.5. The first-order valence-electron chi connectivity index (χ1n) is 17.4. The summed E-state index contributed by atoms with van der Waals surface area (Å²) in [6.45, 7) is 3.51. The third-order valence-electron chi connectivity index (χ3n) is 10.2. The quantitative estimate of drug-likeness (QED) is 0.147. The smallest absolute Gasteiger partial charge is 0.177 e. The molecular weight excluding hydrogens is 614 g/mol. The lowest BCUT2D eigenvalue weighted by Gasteiger charge is -2.25. The van der Waals surface area contributed by atoms with E-state index in [0.717, 1.165) is 46.8 Å². The number of benzene rings is 3. The summed E-state index contributed by atoms with van der Waals surface area (Å²) < 4.78 is 28.4. The van der Waals surface area contributed by atoms with E-state index < -0.39 is 24.4 Å². The number of ether oxygens (including phenoxy) is 4. The second kappa shape index (κ2) is 14.5. The van der Waals surface area contributed by atoms with Crippen molar-refractivity contribution >= 4 is 11.3 Å².